The Morgan fingerprint density at radius 2 is 1.66 bits per heavy atom. The maximum Gasteiger partial charge on any atom is 0.316 e. The molecule has 5 rings (SSSR count). The van der Waals surface area contributed by atoms with Gasteiger partial charge in [-0.3, -0.25) is 24.1 Å². The van der Waals surface area contributed by atoms with E-state index in [-0.39, 0.29) is 42.5 Å². The molecule has 7 heteroatoms. The first-order valence-electron chi connectivity index (χ1n) is 12.3. The number of rotatable bonds is 4. The lowest BCUT2D eigenvalue weighted by molar-refractivity contribution is -0.139. The molecule has 0 N–H and O–H groups in total. The van der Waals surface area contributed by atoms with Crippen LogP contribution in [0.15, 0.2) is 42.5 Å². The van der Waals surface area contributed by atoms with Crippen LogP contribution in [0.3, 0.4) is 0 Å². The van der Waals surface area contributed by atoms with Gasteiger partial charge in [0, 0.05) is 18.7 Å². The number of benzene rings is 2. The summed E-state index contributed by atoms with van der Waals surface area (Å²) in [6, 6.07) is 12.3. The summed E-state index contributed by atoms with van der Waals surface area (Å²) in [7, 11) is 0. The summed E-state index contributed by atoms with van der Waals surface area (Å²) in [5.41, 5.74) is 3.42. The molecule has 0 bridgehead atoms. The van der Waals surface area contributed by atoms with Crippen LogP contribution in [0.25, 0.3) is 0 Å². The summed E-state index contributed by atoms with van der Waals surface area (Å²) in [4.78, 5) is 54.2. The van der Waals surface area contributed by atoms with Crippen molar-refractivity contribution in [3.8, 4) is 5.75 Å². The molecule has 1 saturated carbocycles. The normalized spacial score (nSPS) is 26.3. The summed E-state index contributed by atoms with van der Waals surface area (Å²) >= 11 is 0. The molecular formula is C28H30N2O5. The van der Waals surface area contributed by atoms with E-state index in [0.29, 0.717) is 17.4 Å². The highest BCUT2D eigenvalue weighted by Crippen LogP contribution is 2.42. The molecule has 3 amide bonds. The highest BCUT2D eigenvalue weighted by atomic mass is 16.5. The van der Waals surface area contributed by atoms with E-state index in [2.05, 4.69) is 6.92 Å². The van der Waals surface area contributed by atoms with Gasteiger partial charge in [0.05, 0.1) is 23.4 Å². The Kier molecular flexibility index (Phi) is 5.95. The van der Waals surface area contributed by atoms with Gasteiger partial charge in [-0.2, -0.15) is 0 Å². The number of carbonyl (C=O) groups excluding carboxylic acids is 4. The number of amides is 3. The minimum atomic E-state index is -0.560. The van der Waals surface area contributed by atoms with Gasteiger partial charge in [-0.25, -0.2) is 0 Å². The molecule has 1 aliphatic carbocycles. The Labute approximate surface area is 205 Å². The zero-order valence-electron chi connectivity index (χ0n) is 20.3. The van der Waals surface area contributed by atoms with E-state index in [4.69, 9.17) is 4.74 Å². The zero-order chi connectivity index (χ0) is 24.9. The first kappa shape index (κ1) is 23.3. The number of fused-ring (bicyclic) bond motifs is 1. The van der Waals surface area contributed by atoms with Crippen LogP contribution in [0, 0.1) is 37.5 Å². The molecule has 4 atom stereocenters. The minimum absolute atomic E-state index is 0.0994. The van der Waals surface area contributed by atoms with Crippen LogP contribution in [0.4, 0.5) is 11.4 Å². The van der Waals surface area contributed by atoms with Gasteiger partial charge in [-0.15, -0.1) is 0 Å². The zero-order valence-corrected chi connectivity index (χ0v) is 20.3. The van der Waals surface area contributed by atoms with Crippen LogP contribution in [0.1, 0.15) is 43.7 Å². The van der Waals surface area contributed by atoms with Gasteiger partial charge in [0.25, 0.3) is 0 Å². The molecule has 7 nitrogen and oxygen atoms in total. The van der Waals surface area contributed by atoms with Gasteiger partial charge in [0.1, 0.15) is 5.75 Å². The lowest BCUT2D eigenvalue weighted by atomic mass is 9.76. The third-order valence-corrected chi connectivity index (χ3v) is 7.60. The quantitative estimate of drug-likeness (QED) is 0.377. The summed E-state index contributed by atoms with van der Waals surface area (Å²) < 4.78 is 5.55. The van der Waals surface area contributed by atoms with E-state index in [1.54, 1.807) is 29.2 Å². The summed E-state index contributed by atoms with van der Waals surface area (Å²) in [6.07, 6.45) is 2.57. The Hall–Kier alpha value is -3.48. The molecule has 3 aliphatic rings. The largest absolute Gasteiger partial charge is 0.426 e. The number of hydrogen-bond acceptors (Lipinski definition) is 5. The SMILES string of the molecule is Cc1ccc(N2C[C@H](C(=O)Oc3ccc(N4C(=O)[C@@H]5CC[C@H](C)C[C@H]5C4=O)cc3)CC2=O)c(C)c1. The van der Waals surface area contributed by atoms with Crippen LogP contribution in [0.5, 0.6) is 5.75 Å². The maximum atomic E-state index is 12.9. The first-order valence-corrected chi connectivity index (χ1v) is 12.3. The van der Waals surface area contributed by atoms with Crippen molar-refractivity contribution < 1.29 is 23.9 Å². The number of nitrogens with zero attached hydrogens (tertiary/aromatic N) is 2. The molecular weight excluding hydrogens is 444 g/mol. The third kappa shape index (κ3) is 4.24. The monoisotopic (exact) mass is 474 g/mol. The smallest absolute Gasteiger partial charge is 0.316 e. The first-order chi connectivity index (χ1) is 16.7. The van der Waals surface area contributed by atoms with Crippen molar-refractivity contribution in [2.24, 2.45) is 23.7 Å². The van der Waals surface area contributed by atoms with Crippen LogP contribution < -0.4 is 14.5 Å². The predicted octanol–water partition coefficient (Wildman–Crippen LogP) is 4.19. The van der Waals surface area contributed by atoms with Gasteiger partial charge in [0.2, 0.25) is 17.7 Å². The lowest BCUT2D eigenvalue weighted by Gasteiger charge is -2.25. The van der Waals surface area contributed by atoms with E-state index >= 15 is 0 Å². The second kappa shape index (κ2) is 8.95. The van der Waals surface area contributed by atoms with Crippen molar-refractivity contribution in [2.75, 3.05) is 16.3 Å². The van der Waals surface area contributed by atoms with Crippen LogP contribution in [-0.4, -0.2) is 30.2 Å². The van der Waals surface area contributed by atoms with Crippen molar-refractivity contribution in [1.29, 1.82) is 0 Å². The Bertz CT molecular complexity index is 1200. The van der Waals surface area contributed by atoms with Crippen molar-refractivity contribution in [1.82, 2.24) is 0 Å². The third-order valence-electron chi connectivity index (χ3n) is 7.60. The molecule has 2 aliphatic heterocycles. The number of carbonyl (C=O) groups is 4. The van der Waals surface area contributed by atoms with Crippen molar-refractivity contribution in [2.45, 2.75) is 46.5 Å². The Morgan fingerprint density at radius 1 is 0.943 bits per heavy atom. The number of imide groups is 1. The molecule has 2 aromatic rings. The van der Waals surface area contributed by atoms with Gasteiger partial charge < -0.3 is 9.64 Å². The van der Waals surface area contributed by atoms with E-state index in [1.807, 2.05) is 32.0 Å². The molecule has 0 aromatic heterocycles. The van der Waals surface area contributed by atoms with E-state index in [9.17, 15) is 19.2 Å². The second-order valence-corrected chi connectivity index (χ2v) is 10.3. The van der Waals surface area contributed by atoms with E-state index in [1.165, 1.54) is 4.90 Å². The van der Waals surface area contributed by atoms with Gasteiger partial charge >= 0.3 is 5.97 Å². The average molecular weight is 475 g/mol. The number of ether oxygens (including phenoxy) is 1. The summed E-state index contributed by atoms with van der Waals surface area (Å²) in [5.74, 6) is -1.08. The standard InChI is InChI=1S/C28H30N2O5/c1-16-5-11-24(18(3)12-16)29-15-19(14-25(29)31)28(34)35-21-8-6-20(7-9-21)30-26(32)22-10-4-17(2)13-23(22)27(30)33/h5-9,11-12,17,19,22-23H,4,10,13-15H2,1-3H3/t17-,19+,22+,23+/m0/s1. The average Bonchev–Trinajstić information content (AvgIpc) is 3.32. The van der Waals surface area contributed by atoms with Crippen molar-refractivity contribution in [3.05, 3.63) is 53.6 Å². The fourth-order valence-electron chi connectivity index (χ4n) is 5.71. The van der Waals surface area contributed by atoms with Crippen molar-refractivity contribution >= 4 is 35.1 Å². The van der Waals surface area contributed by atoms with E-state index in [0.717, 1.165) is 36.1 Å². The predicted molar refractivity (Wildman–Crippen MR) is 131 cm³/mol. The number of hydrogen-bond donors (Lipinski definition) is 0. The van der Waals surface area contributed by atoms with Crippen LogP contribution in [0.2, 0.25) is 0 Å². The molecule has 0 unspecified atom stereocenters. The summed E-state index contributed by atoms with van der Waals surface area (Å²) in [5, 5.41) is 0. The molecule has 182 valence electrons. The summed E-state index contributed by atoms with van der Waals surface area (Å²) in [6.45, 7) is 6.35. The molecule has 0 spiro atoms. The van der Waals surface area contributed by atoms with Gasteiger partial charge in [-0.1, -0.05) is 24.6 Å². The van der Waals surface area contributed by atoms with Gasteiger partial charge in [-0.05, 0) is 74.9 Å². The molecule has 2 aromatic carbocycles. The van der Waals surface area contributed by atoms with Crippen LogP contribution in [-0.2, 0) is 19.2 Å². The maximum absolute atomic E-state index is 12.9. The molecule has 35 heavy (non-hydrogen) atoms. The second-order valence-electron chi connectivity index (χ2n) is 10.3. The number of anilines is 2. The molecule has 3 fully saturated rings. The number of esters is 1. The molecule has 2 heterocycles. The van der Waals surface area contributed by atoms with Crippen molar-refractivity contribution in [3.63, 3.8) is 0 Å². The molecule has 0 radical (unpaired) electrons. The van der Waals surface area contributed by atoms with Gasteiger partial charge in [0.15, 0.2) is 0 Å². The molecule has 2 saturated heterocycles. The lowest BCUT2D eigenvalue weighted by Crippen LogP contribution is -2.30. The van der Waals surface area contributed by atoms with Crippen LogP contribution >= 0.6 is 0 Å². The highest BCUT2D eigenvalue weighted by molar-refractivity contribution is 6.22. The number of aryl methyl sites for hydroxylation is 2. The Morgan fingerprint density at radius 3 is 2.37 bits per heavy atom. The Balaban J connectivity index is 1.25. The fraction of sp³-hybridized carbons (Fsp3) is 0.429. The topological polar surface area (TPSA) is 84.0 Å². The van der Waals surface area contributed by atoms with E-state index < -0.39 is 11.9 Å². The fourth-order valence-corrected chi connectivity index (χ4v) is 5.71. The minimum Gasteiger partial charge on any atom is -0.426 e. The highest BCUT2D eigenvalue weighted by Gasteiger charge is 2.50.